The van der Waals surface area contributed by atoms with Crippen molar-refractivity contribution < 1.29 is 13.9 Å². The van der Waals surface area contributed by atoms with Gasteiger partial charge in [0.2, 0.25) is 0 Å². The highest BCUT2D eigenvalue weighted by Crippen LogP contribution is 2.65. The Morgan fingerprint density at radius 3 is 2.10 bits per heavy atom. The number of benzene rings is 7. The largest absolute Gasteiger partial charge is 0.455 e. The molecule has 0 N–H and O–H groups in total. The van der Waals surface area contributed by atoms with E-state index < -0.39 is 5.41 Å². The molecule has 0 radical (unpaired) electrons. The minimum atomic E-state index is -0.476. The second-order valence-corrected chi connectivity index (χ2v) is 14.2. The highest BCUT2D eigenvalue weighted by Gasteiger charge is 2.53. The van der Waals surface area contributed by atoms with Gasteiger partial charge in [-0.1, -0.05) is 115 Å². The quantitative estimate of drug-likeness (QED) is 0.184. The Kier molecular flexibility index (Phi) is 5.55. The van der Waals surface area contributed by atoms with Crippen LogP contribution in [0, 0.1) is 0 Å². The fourth-order valence-electron chi connectivity index (χ4n) is 9.46. The van der Waals surface area contributed by atoms with Crippen molar-refractivity contribution in [1.82, 2.24) is 0 Å². The van der Waals surface area contributed by atoms with Crippen molar-refractivity contribution in [1.29, 1.82) is 0 Å². The molecule has 3 nitrogen and oxygen atoms in total. The third-order valence-corrected chi connectivity index (χ3v) is 11.6. The molecule has 1 unspecified atom stereocenters. The van der Waals surface area contributed by atoms with E-state index in [4.69, 9.17) is 13.9 Å². The van der Waals surface area contributed by atoms with Crippen LogP contribution in [0.1, 0.15) is 35.1 Å². The Morgan fingerprint density at radius 1 is 0.462 bits per heavy atom. The number of allylic oxidation sites excluding steroid dienone is 4. The molecular weight excluding hydrogens is 637 g/mol. The average Bonchev–Trinajstić information content (AvgIpc) is 3.83. The van der Waals surface area contributed by atoms with Gasteiger partial charge in [-0.25, -0.2) is 0 Å². The summed E-state index contributed by atoms with van der Waals surface area (Å²) in [6.07, 6.45) is 6.82. The van der Waals surface area contributed by atoms with Crippen LogP contribution in [0.2, 0.25) is 0 Å². The summed E-state index contributed by atoms with van der Waals surface area (Å²) >= 11 is 0. The third-order valence-electron chi connectivity index (χ3n) is 11.6. The van der Waals surface area contributed by atoms with Crippen molar-refractivity contribution in [3.05, 3.63) is 186 Å². The maximum absolute atomic E-state index is 6.56. The fourth-order valence-corrected chi connectivity index (χ4v) is 9.46. The van der Waals surface area contributed by atoms with E-state index in [0.717, 1.165) is 68.9 Å². The van der Waals surface area contributed by atoms with Gasteiger partial charge in [-0.15, -0.1) is 0 Å². The molecule has 0 bridgehead atoms. The van der Waals surface area contributed by atoms with Gasteiger partial charge in [0, 0.05) is 16.3 Å². The first-order chi connectivity index (χ1) is 25.8. The lowest BCUT2D eigenvalue weighted by molar-refractivity contribution is 0.359. The zero-order chi connectivity index (χ0) is 34.0. The fraction of sp³-hybridized carbons (Fsp3) is 0.0612. The zero-order valence-corrected chi connectivity index (χ0v) is 28.2. The van der Waals surface area contributed by atoms with Gasteiger partial charge in [0.05, 0.1) is 5.41 Å². The Hall–Kier alpha value is -6.58. The van der Waals surface area contributed by atoms with E-state index in [1.165, 1.54) is 55.7 Å². The Balaban J connectivity index is 1.08. The van der Waals surface area contributed by atoms with Crippen LogP contribution in [-0.2, 0) is 5.41 Å². The highest BCUT2D eigenvalue weighted by atomic mass is 16.6. The van der Waals surface area contributed by atoms with Gasteiger partial charge in [-0.05, 0) is 117 Å². The SMILES string of the molecule is C1=CC2=C(CC1)c1ccccc1C21c2cc(-c3cccc(-c4cccc5c4oc4ccccc45)c3)ccc2-c2cc3c(cc21)Oc1ccccc1O3. The zero-order valence-electron chi connectivity index (χ0n) is 28.2. The molecule has 1 atom stereocenters. The third kappa shape index (κ3) is 3.64. The van der Waals surface area contributed by atoms with E-state index in [2.05, 4.69) is 121 Å². The molecule has 1 spiro atoms. The standard InChI is InChI=1S/C49H30O3/c1-4-18-39-33(13-1)34-14-2-5-19-40(34)49(39)41-26-30(23-24-35(41)38-27-46-47(28-42(38)49)51-45-22-8-7-21-44(45)50-46)29-11-9-12-31(25-29)32-16-10-17-37-36-15-3-6-20-43(36)52-48(32)37/h1,3-13,15-28H,2,14H2. The van der Waals surface area contributed by atoms with Gasteiger partial charge in [-0.3, -0.25) is 0 Å². The topological polar surface area (TPSA) is 31.6 Å². The van der Waals surface area contributed by atoms with Crippen LogP contribution in [0.25, 0.3) is 60.9 Å². The molecule has 0 amide bonds. The second-order valence-electron chi connectivity index (χ2n) is 14.2. The monoisotopic (exact) mass is 666 g/mol. The maximum Gasteiger partial charge on any atom is 0.170 e. The average molecular weight is 667 g/mol. The molecular formula is C49H30O3. The summed E-state index contributed by atoms with van der Waals surface area (Å²) in [6.45, 7) is 0. The van der Waals surface area contributed by atoms with E-state index in [-0.39, 0.29) is 0 Å². The Labute approximate surface area is 300 Å². The number of fused-ring (bicyclic) bond motifs is 14. The number of ether oxygens (including phenoxy) is 2. The van der Waals surface area contributed by atoms with Crippen molar-refractivity contribution in [2.45, 2.75) is 18.3 Å². The van der Waals surface area contributed by atoms with Gasteiger partial charge in [0.1, 0.15) is 11.2 Å². The van der Waals surface area contributed by atoms with Crippen LogP contribution in [-0.4, -0.2) is 0 Å². The Bertz CT molecular complexity index is 2920. The molecule has 7 aromatic carbocycles. The molecule has 244 valence electrons. The minimum absolute atomic E-state index is 0.476. The molecule has 52 heavy (non-hydrogen) atoms. The van der Waals surface area contributed by atoms with E-state index >= 15 is 0 Å². The summed E-state index contributed by atoms with van der Waals surface area (Å²) in [6, 6.07) is 52.1. The van der Waals surface area contributed by atoms with Crippen molar-refractivity contribution >= 4 is 27.5 Å². The molecule has 3 aliphatic carbocycles. The number of para-hydroxylation sites is 4. The van der Waals surface area contributed by atoms with Crippen LogP contribution in [0.4, 0.5) is 0 Å². The van der Waals surface area contributed by atoms with E-state index in [0.29, 0.717) is 0 Å². The molecule has 0 saturated heterocycles. The first-order valence-corrected chi connectivity index (χ1v) is 18.0. The summed E-state index contributed by atoms with van der Waals surface area (Å²) in [5, 5.41) is 2.28. The lowest BCUT2D eigenvalue weighted by Gasteiger charge is -2.33. The minimum Gasteiger partial charge on any atom is -0.455 e. The first-order valence-electron chi connectivity index (χ1n) is 18.0. The van der Waals surface area contributed by atoms with Crippen molar-refractivity contribution in [3.63, 3.8) is 0 Å². The number of hydrogen-bond donors (Lipinski definition) is 0. The lowest BCUT2D eigenvalue weighted by atomic mass is 9.68. The van der Waals surface area contributed by atoms with Crippen molar-refractivity contribution in [3.8, 4) is 56.4 Å². The van der Waals surface area contributed by atoms with Crippen LogP contribution in [0.3, 0.4) is 0 Å². The molecule has 12 rings (SSSR count). The molecule has 0 saturated carbocycles. The van der Waals surface area contributed by atoms with Gasteiger partial charge in [0.15, 0.2) is 23.0 Å². The normalized spacial score (nSPS) is 17.3. The lowest BCUT2D eigenvalue weighted by Crippen LogP contribution is -2.27. The molecule has 1 aromatic heterocycles. The predicted molar refractivity (Wildman–Crippen MR) is 208 cm³/mol. The molecule has 1 aliphatic heterocycles. The van der Waals surface area contributed by atoms with Gasteiger partial charge in [0.25, 0.3) is 0 Å². The highest BCUT2D eigenvalue weighted by molar-refractivity contribution is 6.09. The van der Waals surface area contributed by atoms with E-state index in [9.17, 15) is 0 Å². The Morgan fingerprint density at radius 2 is 1.17 bits per heavy atom. The van der Waals surface area contributed by atoms with Crippen LogP contribution >= 0.6 is 0 Å². The van der Waals surface area contributed by atoms with E-state index in [1.807, 2.05) is 36.4 Å². The molecule has 8 aromatic rings. The van der Waals surface area contributed by atoms with Crippen molar-refractivity contribution in [2.75, 3.05) is 0 Å². The van der Waals surface area contributed by atoms with Crippen molar-refractivity contribution in [2.24, 2.45) is 0 Å². The van der Waals surface area contributed by atoms with Crippen LogP contribution < -0.4 is 9.47 Å². The summed E-state index contributed by atoms with van der Waals surface area (Å²) < 4.78 is 19.5. The number of rotatable bonds is 2. The first kappa shape index (κ1) is 28.2. The van der Waals surface area contributed by atoms with Gasteiger partial charge < -0.3 is 13.9 Å². The summed E-state index contributed by atoms with van der Waals surface area (Å²) in [5.41, 5.74) is 16.4. The smallest absolute Gasteiger partial charge is 0.170 e. The van der Waals surface area contributed by atoms with Crippen LogP contribution in [0.5, 0.6) is 23.0 Å². The molecule has 0 fully saturated rings. The van der Waals surface area contributed by atoms with Crippen LogP contribution in [0.15, 0.2) is 168 Å². The summed E-state index contributed by atoms with van der Waals surface area (Å²) in [7, 11) is 0. The van der Waals surface area contributed by atoms with Gasteiger partial charge >= 0.3 is 0 Å². The predicted octanol–water partition coefficient (Wildman–Crippen LogP) is 13.2. The van der Waals surface area contributed by atoms with E-state index in [1.54, 1.807) is 0 Å². The summed E-state index contributed by atoms with van der Waals surface area (Å²) in [4.78, 5) is 0. The summed E-state index contributed by atoms with van der Waals surface area (Å²) in [5.74, 6) is 2.98. The molecule has 3 heteroatoms. The van der Waals surface area contributed by atoms with Gasteiger partial charge in [-0.2, -0.15) is 0 Å². The maximum atomic E-state index is 6.56. The molecule has 2 heterocycles. The number of hydrogen-bond acceptors (Lipinski definition) is 3. The second kappa shape index (κ2) is 10.2. The number of furan rings is 1. The molecule has 4 aliphatic rings.